The number of aryl methyl sites for hydroxylation is 1. The molecule has 0 amide bonds. The minimum atomic E-state index is -0.236. The van der Waals surface area contributed by atoms with Crippen LogP contribution < -0.4 is 5.32 Å². The molecule has 1 N–H and O–H groups in total. The first-order valence-corrected chi connectivity index (χ1v) is 7.55. The molecule has 1 unspecified atom stereocenters. The third-order valence-electron chi connectivity index (χ3n) is 3.25. The van der Waals surface area contributed by atoms with E-state index >= 15 is 0 Å². The normalized spacial score (nSPS) is 12.4. The summed E-state index contributed by atoms with van der Waals surface area (Å²) in [5.74, 6) is -0.236. The number of benzene rings is 2. The van der Waals surface area contributed by atoms with E-state index in [9.17, 15) is 4.39 Å². The standard InChI is InChI=1S/C16H16BrClFN/c1-10-5-12(7-13(18)6-10)16(20-2)8-11-3-4-14(19)9-15(11)17/h3-7,9,16,20H,8H2,1-2H3. The molecule has 0 aliphatic heterocycles. The van der Waals surface area contributed by atoms with Crippen molar-refractivity contribution in [2.45, 2.75) is 19.4 Å². The third kappa shape index (κ3) is 3.81. The number of hydrogen-bond donors (Lipinski definition) is 1. The Balaban J connectivity index is 2.28. The molecule has 0 fully saturated rings. The Morgan fingerprint density at radius 2 is 2.00 bits per heavy atom. The predicted octanol–water partition coefficient (Wildman–Crippen LogP) is 5.05. The second-order valence-corrected chi connectivity index (χ2v) is 6.13. The second kappa shape index (κ2) is 6.70. The monoisotopic (exact) mass is 355 g/mol. The van der Waals surface area contributed by atoms with Gasteiger partial charge in [-0.3, -0.25) is 0 Å². The van der Waals surface area contributed by atoms with Crippen LogP contribution in [0.15, 0.2) is 40.9 Å². The maximum Gasteiger partial charge on any atom is 0.124 e. The number of rotatable bonds is 4. The molecule has 0 saturated heterocycles. The maximum absolute atomic E-state index is 13.1. The first-order valence-electron chi connectivity index (χ1n) is 6.38. The van der Waals surface area contributed by atoms with E-state index in [0.717, 1.165) is 32.6 Å². The van der Waals surface area contributed by atoms with Crippen LogP contribution in [-0.2, 0) is 6.42 Å². The molecular formula is C16H16BrClFN. The Bertz CT molecular complexity index is 595. The van der Waals surface area contributed by atoms with Crippen LogP contribution in [0, 0.1) is 12.7 Å². The zero-order chi connectivity index (χ0) is 14.7. The lowest BCUT2D eigenvalue weighted by Gasteiger charge is -2.18. The topological polar surface area (TPSA) is 12.0 Å². The summed E-state index contributed by atoms with van der Waals surface area (Å²) in [6, 6.07) is 10.9. The average Bonchev–Trinajstić information content (AvgIpc) is 2.36. The lowest BCUT2D eigenvalue weighted by atomic mass is 9.97. The molecule has 1 atom stereocenters. The summed E-state index contributed by atoms with van der Waals surface area (Å²) in [4.78, 5) is 0. The van der Waals surface area contributed by atoms with Crippen molar-refractivity contribution in [3.63, 3.8) is 0 Å². The summed E-state index contributed by atoms with van der Waals surface area (Å²) in [7, 11) is 1.92. The van der Waals surface area contributed by atoms with Gasteiger partial charge in [0, 0.05) is 15.5 Å². The highest BCUT2D eigenvalue weighted by molar-refractivity contribution is 9.10. The van der Waals surface area contributed by atoms with Gasteiger partial charge in [0.1, 0.15) is 5.82 Å². The van der Waals surface area contributed by atoms with Gasteiger partial charge in [0.2, 0.25) is 0 Å². The van der Waals surface area contributed by atoms with Gasteiger partial charge < -0.3 is 5.32 Å². The highest BCUT2D eigenvalue weighted by Crippen LogP contribution is 2.26. The van der Waals surface area contributed by atoms with Gasteiger partial charge in [-0.05, 0) is 61.3 Å². The molecule has 4 heteroatoms. The van der Waals surface area contributed by atoms with Crippen LogP contribution in [0.3, 0.4) is 0 Å². The van der Waals surface area contributed by atoms with Gasteiger partial charge in [-0.25, -0.2) is 4.39 Å². The van der Waals surface area contributed by atoms with Crippen LogP contribution in [0.5, 0.6) is 0 Å². The van der Waals surface area contributed by atoms with Crippen LogP contribution in [0.2, 0.25) is 5.02 Å². The van der Waals surface area contributed by atoms with E-state index in [1.807, 2.05) is 26.1 Å². The van der Waals surface area contributed by atoms with Crippen LogP contribution in [0.4, 0.5) is 4.39 Å². The largest absolute Gasteiger partial charge is 0.313 e. The number of likely N-dealkylation sites (N-methyl/N-ethyl adjacent to an activating group) is 1. The second-order valence-electron chi connectivity index (χ2n) is 4.84. The SMILES string of the molecule is CNC(Cc1ccc(F)cc1Br)c1cc(C)cc(Cl)c1. The molecule has 0 aromatic heterocycles. The van der Waals surface area contributed by atoms with Gasteiger partial charge in [-0.15, -0.1) is 0 Å². The lowest BCUT2D eigenvalue weighted by Crippen LogP contribution is -2.19. The van der Waals surface area contributed by atoms with Crippen molar-refractivity contribution in [3.05, 3.63) is 68.4 Å². The molecule has 20 heavy (non-hydrogen) atoms. The van der Waals surface area contributed by atoms with Crippen molar-refractivity contribution in [1.82, 2.24) is 5.32 Å². The average molecular weight is 357 g/mol. The Morgan fingerprint density at radius 3 is 2.60 bits per heavy atom. The van der Waals surface area contributed by atoms with Crippen molar-refractivity contribution < 1.29 is 4.39 Å². The molecule has 0 spiro atoms. The molecule has 0 bridgehead atoms. The Hall–Kier alpha value is -0.900. The fraction of sp³-hybridized carbons (Fsp3) is 0.250. The summed E-state index contributed by atoms with van der Waals surface area (Å²) >= 11 is 9.53. The molecule has 0 saturated carbocycles. The summed E-state index contributed by atoms with van der Waals surface area (Å²) in [6.45, 7) is 2.02. The number of nitrogens with one attached hydrogen (secondary N) is 1. The fourth-order valence-corrected chi connectivity index (χ4v) is 3.07. The van der Waals surface area contributed by atoms with Gasteiger partial charge in [-0.2, -0.15) is 0 Å². The van der Waals surface area contributed by atoms with Crippen molar-refractivity contribution >= 4 is 27.5 Å². The Morgan fingerprint density at radius 1 is 1.25 bits per heavy atom. The van der Waals surface area contributed by atoms with E-state index in [1.165, 1.54) is 12.1 Å². The number of halogens is 3. The number of hydrogen-bond acceptors (Lipinski definition) is 1. The van der Waals surface area contributed by atoms with Gasteiger partial charge in [0.05, 0.1) is 0 Å². The summed E-state index contributed by atoms with van der Waals surface area (Å²) < 4.78 is 13.9. The van der Waals surface area contributed by atoms with Crippen molar-refractivity contribution in [2.75, 3.05) is 7.05 Å². The molecule has 2 aromatic rings. The summed E-state index contributed by atoms with van der Waals surface area (Å²) in [6.07, 6.45) is 0.761. The van der Waals surface area contributed by atoms with Crippen LogP contribution in [0.25, 0.3) is 0 Å². The molecule has 0 radical (unpaired) electrons. The molecule has 0 heterocycles. The molecular weight excluding hydrogens is 341 g/mol. The van der Waals surface area contributed by atoms with Gasteiger partial charge in [0.25, 0.3) is 0 Å². The van der Waals surface area contributed by atoms with E-state index in [1.54, 1.807) is 6.07 Å². The highest BCUT2D eigenvalue weighted by atomic mass is 79.9. The molecule has 0 aliphatic rings. The smallest absolute Gasteiger partial charge is 0.124 e. The lowest BCUT2D eigenvalue weighted by molar-refractivity contribution is 0.587. The zero-order valence-corrected chi connectivity index (χ0v) is 13.7. The molecule has 2 aromatic carbocycles. The summed E-state index contributed by atoms with van der Waals surface area (Å²) in [5, 5.41) is 4.02. The minimum absolute atomic E-state index is 0.133. The van der Waals surface area contributed by atoms with Crippen molar-refractivity contribution in [2.24, 2.45) is 0 Å². The highest BCUT2D eigenvalue weighted by Gasteiger charge is 2.13. The zero-order valence-electron chi connectivity index (χ0n) is 11.4. The van der Waals surface area contributed by atoms with Crippen LogP contribution in [0.1, 0.15) is 22.7 Å². The van der Waals surface area contributed by atoms with E-state index in [0.29, 0.717) is 0 Å². The minimum Gasteiger partial charge on any atom is -0.313 e. The van der Waals surface area contributed by atoms with E-state index < -0.39 is 0 Å². The predicted molar refractivity (Wildman–Crippen MR) is 85.8 cm³/mol. The first kappa shape index (κ1) is 15.5. The van der Waals surface area contributed by atoms with Crippen LogP contribution in [-0.4, -0.2) is 7.05 Å². The third-order valence-corrected chi connectivity index (χ3v) is 4.21. The van der Waals surface area contributed by atoms with Crippen molar-refractivity contribution in [3.8, 4) is 0 Å². The van der Waals surface area contributed by atoms with Gasteiger partial charge in [-0.1, -0.05) is 39.7 Å². The van der Waals surface area contributed by atoms with E-state index in [-0.39, 0.29) is 11.9 Å². The van der Waals surface area contributed by atoms with Gasteiger partial charge >= 0.3 is 0 Å². The molecule has 1 nitrogen and oxygen atoms in total. The van der Waals surface area contributed by atoms with Gasteiger partial charge in [0.15, 0.2) is 0 Å². The quantitative estimate of drug-likeness (QED) is 0.808. The van der Waals surface area contributed by atoms with Crippen molar-refractivity contribution in [1.29, 1.82) is 0 Å². The Kier molecular flexibility index (Phi) is 5.19. The molecule has 0 aliphatic carbocycles. The Labute approximate surface area is 132 Å². The summed E-state index contributed by atoms with van der Waals surface area (Å²) in [5.41, 5.74) is 3.32. The van der Waals surface area contributed by atoms with E-state index in [2.05, 4.69) is 27.3 Å². The molecule has 2 rings (SSSR count). The van der Waals surface area contributed by atoms with E-state index in [4.69, 9.17) is 11.6 Å². The first-order chi connectivity index (χ1) is 9.49. The van der Waals surface area contributed by atoms with Crippen LogP contribution >= 0.6 is 27.5 Å². The fourth-order valence-electron chi connectivity index (χ4n) is 2.26. The molecule has 106 valence electrons. The maximum atomic E-state index is 13.1.